The highest BCUT2D eigenvalue weighted by atomic mass is 35.5. The van der Waals surface area contributed by atoms with Crippen LogP contribution in [0, 0.1) is 0 Å². The molecule has 2 nitrogen and oxygen atoms in total. The Bertz CT molecular complexity index is 468. The van der Waals surface area contributed by atoms with Crippen LogP contribution < -0.4 is 0 Å². The van der Waals surface area contributed by atoms with Gasteiger partial charge >= 0.3 is 0 Å². The fourth-order valence-corrected chi connectivity index (χ4v) is 2.38. The second-order valence-electron chi connectivity index (χ2n) is 3.39. The number of aromatic nitrogens is 2. The normalized spacial score (nSPS) is 12.7. The zero-order valence-electron chi connectivity index (χ0n) is 8.28. The molecule has 0 fully saturated rings. The monoisotopic (exact) mass is 274 g/mol. The van der Waals surface area contributed by atoms with Crippen LogP contribution in [0.1, 0.15) is 10.9 Å². The van der Waals surface area contributed by atoms with Crippen LogP contribution in [-0.2, 0) is 6.54 Å². The van der Waals surface area contributed by atoms with E-state index in [-0.39, 0.29) is 5.38 Å². The Balaban J connectivity index is 2.17. The van der Waals surface area contributed by atoms with Crippen molar-refractivity contribution >= 4 is 34.8 Å². The molecule has 0 saturated carbocycles. The molecule has 0 N–H and O–H groups in total. The van der Waals surface area contributed by atoms with Gasteiger partial charge in [-0.15, -0.1) is 11.6 Å². The summed E-state index contributed by atoms with van der Waals surface area (Å²) >= 11 is 18.2. The lowest BCUT2D eigenvalue weighted by atomic mass is 10.1. The average molecular weight is 276 g/mol. The van der Waals surface area contributed by atoms with E-state index in [1.165, 1.54) is 0 Å². The van der Waals surface area contributed by atoms with Crippen LogP contribution in [0.15, 0.2) is 36.9 Å². The molecular formula is C11H9Cl3N2. The summed E-state index contributed by atoms with van der Waals surface area (Å²) in [5, 5.41) is 1.01. The zero-order valence-corrected chi connectivity index (χ0v) is 10.5. The van der Waals surface area contributed by atoms with Crippen molar-refractivity contribution in [3.8, 4) is 0 Å². The highest BCUT2D eigenvalue weighted by molar-refractivity contribution is 6.35. The number of halogens is 3. The Hall–Kier alpha value is -0.700. The van der Waals surface area contributed by atoms with Gasteiger partial charge in [0.25, 0.3) is 0 Å². The lowest BCUT2D eigenvalue weighted by molar-refractivity contribution is 0.677. The standard InChI is InChI=1S/C11H9Cl3N2/c12-8-1-2-9(10(13)5-8)11(14)6-16-4-3-15-7-16/h1-5,7,11H,6H2/t11-/m1/s1. The van der Waals surface area contributed by atoms with Gasteiger partial charge in [-0.3, -0.25) is 0 Å². The Morgan fingerprint density at radius 1 is 1.31 bits per heavy atom. The average Bonchev–Trinajstić information content (AvgIpc) is 2.70. The van der Waals surface area contributed by atoms with E-state index in [2.05, 4.69) is 4.98 Å². The lowest BCUT2D eigenvalue weighted by Gasteiger charge is -2.12. The van der Waals surface area contributed by atoms with Gasteiger partial charge in [0.1, 0.15) is 0 Å². The Morgan fingerprint density at radius 2 is 2.12 bits per heavy atom. The molecule has 84 valence electrons. The number of alkyl halides is 1. The maximum Gasteiger partial charge on any atom is 0.0946 e. The first-order valence-electron chi connectivity index (χ1n) is 4.71. The summed E-state index contributed by atoms with van der Waals surface area (Å²) in [4.78, 5) is 3.96. The molecule has 1 aromatic heterocycles. The van der Waals surface area contributed by atoms with Crippen molar-refractivity contribution in [3.05, 3.63) is 52.5 Å². The maximum absolute atomic E-state index is 6.28. The van der Waals surface area contributed by atoms with Crippen LogP contribution >= 0.6 is 34.8 Å². The van der Waals surface area contributed by atoms with Gasteiger partial charge in [-0.25, -0.2) is 4.98 Å². The number of hydrogen-bond acceptors (Lipinski definition) is 1. The molecule has 16 heavy (non-hydrogen) atoms. The first-order chi connectivity index (χ1) is 7.66. The predicted octanol–water partition coefficient (Wildman–Crippen LogP) is 4.17. The largest absolute Gasteiger partial charge is 0.336 e. The minimum atomic E-state index is -0.195. The molecule has 1 aromatic carbocycles. The van der Waals surface area contributed by atoms with Crippen molar-refractivity contribution in [3.63, 3.8) is 0 Å². The predicted molar refractivity (Wildman–Crippen MR) is 67.3 cm³/mol. The molecule has 1 atom stereocenters. The Labute approximate surface area is 109 Å². The van der Waals surface area contributed by atoms with Crippen LogP contribution in [0.5, 0.6) is 0 Å². The van der Waals surface area contributed by atoms with E-state index in [4.69, 9.17) is 34.8 Å². The second-order valence-corrected chi connectivity index (χ2v) is 4.76. The van der Waals surface area contributed by atoms with Crippen LogP contribution in [0.4, 0.5) is 0 Å². The topological polar surface area (TPSA) is 17.8 Å². The molecule has 0 spiro atoms. The van der Waals surface area contributed by atoms with E-state index in [1.54, 1.807) is 24.7 Å². The van der Waals surface area contributed by atoms with Gasteiger partial charge in [0.15, 0.2) is 0 Å². The maximum atomic E-state index is 6.28. The van der Waals surface area contributed by atoms with Crippen LogP contribution in [0.2, 0.25) is 10.0 Å². The van der Waals surface area contributed by atoms with Crippen molar-refractivity contribution in [2.45, 2.75) is 11.9 Å². The number of benzene rings is 1. The molecule has 0 bridgehead atoms. The highest BCUT2D eigenvalue weighted by Gasteiger charge is 2.12. The van der Waals surface area contributed by atoms with E-state index in [0.29, 0.717) is 16.6 Å². The number of imidazole rings is 1. The molecule has 0 aliphatic rings. The van der Waals surface area contributed by atoms with E-state index in [9.17, 15) is 0 Å². The second kappa shape index (κ2) is 5.09. The molecule has 0 aliphatic carbocycles. The molecule has 5 heteroatoms. The van der Waals surface area contributed by atoms with Crippen LogP contribution in [0.3, 0.4) is 0 Å². The first kappa shape index (κ1) is 11.8. The summed E-state index contributed by atoms with van der Waals surface area (Å²) in [7, 11) is 0. The molecular weight excluding hydrogens is 266 g/mol. The SMILES string of the molecule is Clc1ccc([C@H](Cl)Cn2ccnc2)c(Cl)c1. The first-order valence-corrected chi connectivity index (χ1v) is 5.91. The molecule has 0 saturated heterocycles. The van der Waals surface area contributed by atoms with Crippen LogP contribution in [0.25, 0.3) is 0 Å². The smallest absolute Gasteiger partial charge is 0.0946 e. The summed E-state index contributed by atoms with van der Waals surface area (Å²) in [6.45, 7) is 0.628. The van der Waals surface area contributed by atoms with Crippen molar-refractivity contribution in [1.82, 2.24) is 9.55 Å². The zero-order chi connectivity index (χ0) is 11.5. The van der Waals surface area contributed by atoms with Gasteiger partial charge in [0.2, 0.25) is 0 Å². The van der Waals surface area contributed by atoms with Gasteiger partial charge in [0, 0.05) is 29.0 Å². The molecule has 0 amide bonds. The Kier molecular flexibility index (Phi) is 3.74. The third-order valence-electron chi connectivity index (χ3n) is 2.23. The van der Waals surface area contributed by atoms with Crippen molar-refractivity contribution in [2.24, 2.45) is 0 Å². The summed E-state index contributed by atoms with van der Waals surface area (Å²) in [6.07, 6.45) is 5.30. The van der Waals surface area contributed by atoms with Crippen molar-refractivity contribution < 1.29 is 0 Å². The summed E-state index contributed by atoms with van der Waals surface area (Å²) < 4.78 is 1.91. The minimum absolute atomic E-state index is 0.195. The van der Waals surface area contributed by atoms with Crippen molar-refractivity contribution in [2.75, 3.05) is 0 Å². The van der Waals surface area contributed by atoms with Crippen LogP contribution in [-0.4, -0.2) is 9.55 Å². The van der Waals surface area contributed by atoms with Gasteiger partial charge in [-0.1, -0.05) is 29.3 Å². The summed E-state index contributed by atoms with van der Waals surface area (Å²) in [6, 6.07) is 5.33. The van der Waals surface area contributed by atoms with E-state index >= 15 is 0 Å². The molecule has 0 aliphatic heterocycles. The van der Waals surface area contributed by atoms with Gasteiger partial charge < -0.3 is 4.57 Å². The number of hydrogen-bond donors (Lipinski definition) is 0. The quantitative estimate of drug-likeness (QED) is 0.769. The fraction of sp³-hybridized carbons (Fsp3) is 0.182. The summed E-state index contributed by atoms with van der Waals surface area (Å²) in [5.41, 5.74) is 0.876. The van der Waals surface area contributed by atoms with Gasteiger partial charge in [-0.05, 0) is 17.7 Å². The molecule has 0 unspecified atom stereocenters. The molecule has 1 heterocycles. The summed E-state index contributed by atoms with van der Waals surface area (Å²) in [5.74, 6) is 0. The van der Waals surface area contributed by atoms with Crippen molar-refractivity contribution in [1.29, 1.82) is 0 Å². The fourth-order valence-electron chi connectivity index (χ4n) is 1.43. The molecule has 2 rings (SSSR count). The third kappa shape index (κ3) is 2.70. The van der Waals surface area contributed by atoms with E-state index in [0.717, 1.165) is 5.56 Å². The van der Waals surface area contributed by atoms with Gasteiger partial charge in [-0.2, -0.15) is 0 Å². The van der Waals surface area contributed by atoms with E-state index < -0.39 is 0 Å². The third-order valence-corrected chi connectivity index (χ3v) is 3.17. The minimum Gasteiger partial charge on any atom is -0.336 e. The Morgan fingerprint density at radius 3 is 2.75 bits per heavy atom. The van der Waals surface area contributed by atoms with Gasteiger partial charge in [0.05, 0.1) is 11.7 Å². The number of rotatable bonds is 3. The molecule has 0 radical (unpaired) electrons. The lowest BCUT2D eigenvalue weighted by Crippen LogP contribution is -2.02. The molecule has 2 aromatic rings. The van der Waals surface area contributed by atoms with E-state index in [1.807, 2.05) is 16.8 Å². The highest BCUT2D eigenvalue weighted by Crippen LogP contribution is 2.31. The number of nitrogens with zero attached hydrogens (tertiary/aromatic N) is 2.